The van der Waals surface area contributed by atoms with Gasteiger partial charge in [0.1, 0.15) is 9.84 Å². The van der Waals surface area contributed by atoms with E-state index in [9.17, 15) is 13.2 Å². The minimum absolute atomic E-state index is 0.183. The summed E-state index contributed by atoms with van der Waals surface area (Å²) >= 11 is 0. The Bertz CT molecular complexity index is 889. The van der Waals surface area contributed by atoms with E-state index >= 15 is 0 Å². The SMILES string of the molecule is CCS(=O)(=O)CCc1ccc2[nH]cc(C[C@H]3CCCN3CC(N)=O)c2c1. The van der Waals surface area contributed by atoms with Crippen molar-refractivity contribution in [2.45, 2.75) is 38.6 Å². The fourth-order valence-corrected chi connectivity index (χ4v) is 4.59. The van der Waals surface area contributed by atoms with Crippen LogP contribution in [0.3, 0.4) is 0 Å². The lowest BCUT2D eigenvalue weighted by Gasteiger charge is -2.22. The van der Waals surface area contributed by atoms with Gasteiger partial charge in [0.2, 0.25) is 5.91 Å². The zero-order valence-corrected chi connectivity index (χ0v) is 16.0. The number of carbonyl (C=O) groups excluding carboxylic acids is 1. The first-order valence-electron chi connectivity index (χ1n) is 9.19. The number of carbonyl (C=O) groups is 1. The van der Waals surface area contributed by atoms with Crippen molar-refractivity contribution in [1.29, 1.82) is 0 Å². The number of hydrogen-bond acceptors (Lipinski definition) is 4. The number of primary amides is 1. The number of rotatable bonds is 8. The van der Waals surface area contributed by atoms with Crippen molar-refractivity contribution in [3.8, 4) is 0 Å². The zero-order chi connectivity index (χ0) is 18.7. The Balaban J connectivity index is 1.76. The molecule has 2 aromatic rings. The van der Waals surface area contributed by atoms with Crippen molar-refractivity contribution in [1.82, 2.24) is 9.88 Å². The molecule has 1 aliphatic rings. The van der Waals surface area contributed by atoms with Gasteiger partial charge in [0, 0.05) is 28.9 Å². The third-order valence-electron chi connectivity index (χ3n) is 5.29. The van der Waals surface area contributed by atoms with Crippen molar-refractivity contribution < 1.29 is 13.2 Å². The Morgan fingerprint density at radius 3 is 2.92 bits per heavy atom. The van der Waals surface area contributed by atoms with E-state index in [1.54, 1.807) is 6.92 Å². The monoisotopic (exact) mass is 377 g/mol. The highest BCUT2D eigenvalue weighted by Crippen LogP contribution is 2.26. The first-order valence-corrected chi connectivity index (χ1v) is 11.0. The number of nitrogens with one attached hydrogen (secondary N) is 1. The molecule has 0 aliphatic carbocycles. The number of hydrogen-bond donors (Lipinski definition) is 2. The van der Waals surface area contributed by atoms with Crippen molar-refractivity contribution in [2.24, 2.45) is 5.73 Å². The fraction of sp³-hybridized carbons (Fsp3) is 0.526. The van der Waals surface area contributed by atoms with Crippen LogP contribution in [0.15, 0.2) is 24.4 Å². The van der Waals surface area contributed by atoms with Crippen molar-refractivity contribution >= 4 is 26.6 Å². The van der Waals surface area contributed by atoms with E-state index in [4.69, 9.17) is 5.73 Å². The summed E-state index contributed by atoms with van der Waals surface area (Å²) in [6, 6.07) is 6.43. The number of amides is 1. The molecule has 0 radical (unpaired) electrons. The number of fused-ring (bicyclic) bond motifs is 1. The molecule has 3 rings (SSSR count). The maximum atomic E-state index is 11.8. The first-order chi connectivity index (χ1) is 12.4. The van der Waals surface area contributed by atoms with Gasteiger partial charge in [-0.25, -0.2) is 8.42 Å². The van der Waals surface area contributed by atoms with Crippen LogP contribution in [-0.4, -0.2) is 54.8 Å². The molecule has 1 aromatic heterocycles. The van der Waals surface area contributed by atoms with Gasteiger partial charge >= 0.3 is 0 Å². The molecule has 0 bridgehead atoms. The van der Waals surface area contributed by atoms with Crippen LogP contribution in [0.1, 0.15) is 30.9 Å². The standard InChI is InChI=1S/C19H27N3O3S/c1-2-26(24,25)9-7-14-5-6-18-17(10-14)15(12-21-18)11-16-4-3-8-22(16)13-19(20)23/h5-6,10,12,16,21H,2-4,7-9,11,13H2,1H3,(H2,20,23)/t16-/m1/s1. The van der Waals surface area contributed by atoms with Gasteiger partial charge in [0.25, 0.3) is 0 Å². The lowest BCUT2D eigenvalue weighted by atomic mass is 10.0. The molecule has 1 amide bonds. The van der Waals surface area contributed by atoms with E-state index in [0.717, 1.165) is 42.3 Å². The van der Waals surface area contributed by atoms with Gasteiger partial charge in [-0.3, -0.25) is 9.69 Å². The summed E-state index contributed by atoms with van der Waals surface area (Å²) in [5, 5.41) is 1.14. The van der Waals surface area contributed by atoms with Crippen molar-refractivity contribution in [2.75, 3.05) is 24.6 Å². The number of nitrogens with two attached hydrogens (primary N) is 1. The van der Waals surface area contributed by atoms with E-state index in [1.165, 1.54) is 5.56 Å². The number of sulfone groups is 1. The number of aryl methyl sites for hydroxylation is 1. The Labute approximate surface area is 154 Å². The first kappa shape index (κ1) is 18.9. The molecule has 0 saturated carbocycles. The summed E-state index contributed by atoms with van der Waals surface area (Å²) < 4.78 is 23.5. The van der Waals surface area contributed by atoms with E-state index in [0.29, 0.717) is 19.0 Å². The lowest BCUT2D eigenvalue weighted by molar-refractivity contribution is -0.119. The average Bonchev–Trinajstić information content (AvgIpc) is 3.20. The predicted molar refractivity (Wildman–Crippen MR) is 104 cm³/mol. The third kappa shape index (κ3) is 4.45. The van der Waals surface area contributed by atoms with E-state index in [2.05, 4.69) is 16.0 Å². The molecule has 1 fully saturated rings. The number of nitrogens with zero attached hydrogens (tertiary/aromatic N) is 1. The maximum absolute atomic E-state index is 11.8. The second kappa shape index (κ2) is 7.80. The summed E-state index contributed by atoms with van der Waals surface area (Å²) in [5.41, 5.74) is 8.67. The second-order valence-electron chi connectivity index (χ2n) is 7.12. The molecule has 2 heterocycles. The van der Waals surface area contributed by atoms with Gasteiger partial charge in [-0.05, 0) is 55.5 Å². The van der Waals surface area contributed by atoms with Crippen LogP contribution in [0, 0.1) is 0 Å². The van der Waals surface area contributed by atoms with Crippen LogP contribution in [0.2, 0.25) is 0 Å². The number of benzene rings is 1. The number of likely N-dealkylation sites (tertiary alicyclic amines) is 1. The molecule has 1 aliphatic heterocycles. The van der Waals surface area contributed by atoms with Crippen molar-refractivity contribution in [3.05, 3.63) is 35.5 Å². The van der Waals surface area contributed by atoms with Crippen LogP contribution in [-0.2, 0) is 27.5 Å². The summed E-state index contributed by atoms with van der Waals surface area (Å²) in [4.78, 5) is 16.7. The molecule has 3 N–H and O–H groups in total. The van der Waals surface area contributed by atoms with E-state index in [1.807, 2.05) is 18.3 Å². The Kier molecular flexibility index (Phi) is 5.67. The van der Waals surface area contributed by atoms with Crippen molar-refractivity contribution in [3.63, 3.8) is 0 Å². The maximum Gasteiger partial charge on any atom is 0.231 e. The molecule has 0 unspecified atom stereocenters. The quantitative estimate of drug-likeness (QED) is 0.731. The summed E-state index contributed by atoms with van der Waals surface area (Å²) in [6.07, 6.45) is 5.57. The van der Waals surface area contributed by atoms with Gasteiger partial charge in [0.05, 0.1) is 12.3 Å². The molecule has 6 nitrogen and oxygen atoms in total. The zero-order valence-electron chi connectivity index (χ0n) is 15.2. The lowest BCUT2D eigenvalue weighted by Crippen LogP contribution is -2.38. The summed E-state index contributed by atoms with van der Waals surface area (Å²) in [6.45, 7) is 2.91. The molecule has 7 heteroatoms. The van der Waals surface area contributed by atoms with Crippen LogP contribution in [0.5, 0.6) is 0 Å². The minimum atomic E-state index is -2.96. The molecule has 0 spiro atoms. The fourth-order valence-electron chi connectivity index (χ4n) is 3.76. The van der Waals surface area contributed by atoms with Gasteiger partial charge in [-0.1, -0.05) is 13.0 Å². The normalized spacial score (nSPS) is 18.6. The number of H-pyrrole nitrogens is 1. The van der Waals surface area contributed by atoms with E-state index in [-0.39, 0.29) is 17.4 Å². The topological polar surface area (TPSA) is 96.3 Å². The van der Waals surface area contributed by atoms with Gasteiger partial charge in [-0.2, -0.15) is 0 Å². The third-order valence-corrected chi connectivity index (χ3v) is 6.99. The molecular formula is C19H27N3O3S. The van der Waals surface area contributed by atoms with E-state index < -0.39 is 9.84 Å². The summed E-state index contributed by atoms with van der Waals surface area (Å²) in [5.74, 6) is 0.0847. The Morgan fingerprint density at radius 2 is 2.19 bits per heavy atom. The molecule has 1 aromatic carbocycles. The molecule has 142 valence electrons. The molecule has 1 atom stereocenters. The predicted octanol–water partition coefficient (Wildman–Crippen LogP) is 1.64. The Morgan fingerprint density at radius 1 is 1.38 bits per heavy atom. The van der Waals surface area contributed by atoms with Gasteiger partial charge in [0.15, 0.2) is 0 Å². The smallest absolute Gasteiger partial charge is 0.231 e. The van der Waals surface area contributed by atoms with Crippen LogP contribution < -0.4 is 5.73 Å². The highest BCUT2D eigenvalue weighted by atomic mass is 32.2. The average molecular weight is 378 g/mol. The Hall–Kier alpha value is -1.86. The summed E-state index contributed by atoms with van der Waals surface area (Å²) in [7, 11) is -2.96. The number of aromatic amines is 1. The molecule has 26 heavy (non-hydrogen) atoms. The van der Waals surface area contributed by atoms with Gasteiger partial charge < -0.3 is 10.7 Å². The number of aromatic nitrogens is 1. The second-order valence-corrected chi connectivity index (χ2v) is 9.59. The van der Waals surface area contributed by atoms with Crippen LogP contribution in [0.4, 0.5) is 0 Å². The molecular weight excluding hydrogens is 350 g/mol. The van der Waals surface area contributed by atoms with Crippen LogP contribution >= 0.6 is 0 Å². The minimum Gasteiger partial charge on any atom is -0.369 e. The van der Waals surface area contributed by atoms with Crippen LogP contribution in [0.25, 0.3) is 10.9 Å². The van der Waals surface area contributed by atoms with Gasteiger partial charge in [-0.15, -0.1) is 0 Å². The molecule has 1 saturated heterocycles. The largest absolute Gasteiger partial charge is 0.369 e. The highest BCUT2D eigenvalue weighted by molar-refractivity contribution is 7.91. The highest BCUT2D eigenvalue weighted by Gasteiger charge is 2.26.